The van der Waals surface area contributed by atoms with Gasteiger partial charge in [0, 0.05) is 16.8 Å². The van der Waals surface area contributed by atoms with Crippen LogP contribution in [0, 0.1) is 23.5 Å². The van der Waals surface area contributed by atoms with Crippen molar-refractivity contribution in [2.24, 2.45) is 0 Å². The molecule has 3 aromatic rings. The highest BCUT2D eigenvalue weighted by Gasteiger charge is 2.19. The van der Waals surface area contributed by atoms with E-state index >= 15 is 0 Å². The Morgan fingerprint density at radius 2 is 1.50 bits per heavy atom. The van der Waals surface area contributed by atoms with Crippen LogP contribution in [0.3, 0.4) is 0 Å². The second-order valence-corrected chi connectivity index (χ2v) is 8.61. The highest BCUT2D eigenvalue weighted by atomic mass is 35.5. The first-order chi connectivity index (χ1) is 16.0. The highest BCUT2D eigenvalue weighted by Crippen LogP contribution is 2.25. The van der Waals surface area contributed by atoms with Crippen LogP contribution in [-0.4, -0.2) is 17.6 Å². The Bertz CT molecular complexity index is 1270. The molecule has 0 saturated carbocycles. The number of anilines is 2. The number of ether oxygens (including phenoxy) is 1. The maximum atomic E-state index is 14.6. The molecular formula is C26H21ClF2N2O3. The van der Waals surface area contributed by atoms with Crippen LogP contribution in [0.15, 0.2) is 60.7 Å². The number of amides is 2. The van der Waals surface area contributed by atoms with E-state index in [0.717, 1.165) is 12.1 Å². The molecule has 0 saturated heterocycles. The Kier molecular flexibility index (Phi) is 7.54. The summed E-state index contributed by atoms with van der Waals surface area (Å²) < 4.78 is 34.4. The predicted molar refractivity (Wildman–Crippen MR) is 128 cm³/mol. The molecule has 0 radical (unpaired) electrons. The van der Waals surface area contributed by atoms with Crippen LogP contribution in [0.4, 0.5) is 25.0 Å². The van der Waals surface area contributed by atoms with E-state index in [1.807, 2.05) is 6.07 Å². The lowest BCUT2D eigenvalue weighted by Crippen LogP contribution is -2.27. The van der Waals surface area contributed by atoms with E-state index < -0.39 is 34.9 Å². The number of halogens is 3. The Morgan fingerprint density at radius 3 is 2.12 bits per heavy atom. The summed E-state index contributed by atoms with van der Waals surface area (Å²) in [5.74, 6) is 2.65. The minimum atomic E-state index is -0.995. The third kappa shape index (κ3) is 6.80. The zero-order valence-corrected chi connectivity index (χ0v) is 19.4. The van der Waals surface area contributed by atoms with Gasteiger partial charge in [-0.25, -0.2) is 13.6 Å². The number of nitrogens with one attached hydrogen (secondary N) is 2. The number of rotatable bonds is 3. The molecule has 0 aliphatic heterocycles. The van der Waals surface area contributed by atoms with Gasteiger partial charge in [0.05, 0.1) is 10.6 Å². The predicted octanol–water partition coefficient (Wildman–Crippen LogP) is 6.62. The molecule has 2 N–H and O–H groups in total. The average molecular weight is 483 g/mol. The average Bonchev–Trinajstić information content (AvgIpc) is 2.75. The molecule has 0 aromatic heterocycles. The van der Waals surface area contributed by atoms with Crippen LogP contribution in [0.2, 0.25) is 5.02 Å². The molecule has 0 bridgehead atoms. The SMILES string of the molecule is CC(C)(C)OC(=O)Nc1ccc(Cl)c(C(=O)Nc2c(F)cc(C#Cc3ccccc3)cc2F)c1. The Morgan fingerprint density at radius 1 is 0.882 bits per heavy atom. The van der Waals surface area contributed by atoms with Gasteiger partial charge >= 0.3 is 6.09 Å². The van der Waals surface area contributed by atoms with Gasteiger partial charge in [-0.15, -0.1) is 0 Å². The topological polar surface area (TPSA) is 67.4 Å². The summed E-state index contributed by atoms with van der Waals surface area (Å²) in [6.07, 6.45) is -0.731. The maximum Gasteiger partial charge on any atom is 0.412 e. The number of hydrogen-bond donors (Lipinski definition) is 2. The van der Waals surface area contributed by atoms with E-state index in [1.165, 1.54) is 18.2 Å². The lowest BCUT2D eigenvalue weighted by molar-refractivity contribution is 0.0635. The van der Waals surface area contributed by atoms with Crippen molar-refractivity contribution in [2.75, 3.05) is 10.6 Å². The summed E-state index contributed by atoms with van der Waals surface area (Å²) in [5.41, 5.74) is -0.438. The maximum absolute atomic E-state index is 14.6. The summed E-state index contributed by atoms with van der Waals surface area (Å²) in [4.78, 5) is 24.7. The molecule has 0 atom stereocenters. The van der Waals surface area contributed by atoms with Gasteiger partial charge in [0.25, 0.3) is 5.91 Å². The minimum Gasteiger partial charge on any atom is -0.444 e. The molecule has 0 heterocycles. The molecule has 3 aromatic carbocycles. The Balaban J connectivity index is 1.79. The van der Waals surface area contributed by atoms with Crippen LogP contribution >= 0.6 is 11.6 Å². The summed E-state index contributed by atoms with van der Waals surface area (Å²) in [6.45, 7) is 5.11. The first-order valence-electron chi connectivity index (χ1n) is 10.2. The van der Waals surface area contributed by atoms with Crippen molar-refractivity contribution in [2.45, 2.75) is 26.4 Å². The summed E-state index contributed by atoms with van der Waals surface area (Å²) >= 11 is 6.09. The summed E-state index contributed by atoms with van der Waals surface area (Å²) in [6, 6.07) is 15.1. The van der Waals surface area contributed by atoms with Crippen LogP contribution in [0.1, 0.15) is 42.3 Å². The first kappa shape index (κ1) is 24.7. The first-order valence-corrected chi connectivity index (χ1v) is 10.6. The lowest BCUT2D eigenvalue weighted by atomic mass is 10.1. The molecule has 174 valence electrons. The monoisotopic (exact) mass is 482 g/mol. The zero-order chi connectivity index (χ0) is 24.9. The third-order valence-electron chi connectivity index (χ3n) is 4.26. The number of carbonyl (C=O) groups is 2. The van der Waals surface area contributed by atoms with E-state index in [0.29, 0.717) is 5.56 Å². The van der Waals surface area contributed by atoms with Gasteiger partial charge in [-0.2, -0.15) is 0 Å². The zero-order valence-electron chi connectivity index (χ0n) is 18.6. The van der Waals surface area contributed by atoms with Gasteiger partial charge in [0.15, 0.2) is 11.6 Å². The fourth-order valence-corrected chi connectivity index (χ4v) is 3.01. The molecule has 34 heavy (non-hydrogen) atoms. The Labute approximate surface area is 201 Å². The highest BCUT2D eigenvalue weighted by molar-refractivity contribution is 6.34. The molecule has 5 nitrogen and oxygen atoms in total. The van der Waals surface area contributed by atoms with Crippen molar-refractivity contribution in [1.82, 2.24) is 0 Å². The second-order valence-electron chi connectivity index (χ2n) is 8.21. The summed E-state index contributed by atoms with van der Waals surface area (Å²) in [7, 11) is 0. The smallest absolute Gasteiger partial charge is 0.412 e. The van der Waals surface area contributed by atoms with Gasteiger partial charge in [-0.3, -0.25) is 10.1 Å². The van der Waals surface area contributed by atoms with Crippen LogP contribution in [-0.2, 0) is 4.74 Å². The van der Waals surface area contributed by atoms with Gasteiger partial charge in [0.1, 0.15) is 11.3 Å². The molecule has 0 fully saturated rings. The van der Waals surface area contributed by atoms with E-state index in [2.05, 4.69) is 22.5 Å². The van der Waals surface area contributed by atoms with Crippen molar-refractivity contribution in [3.8, 4) is 11.8 Å². The van der Waals surface area contributed by atoms with Gasteiger partial charge < -0.3 is 10.1 Å². The lowest BCUT2D eigenvalue weighted by Gasteiger charge is -2.20. The quantitative estimate of drug-likeness (QED) is 0.412. The van der Waals surface area contributed by atoms with Crippen LogP contribution in [0.25, 0.3) is 0 Å². The van der Waals surface area contributed by atoms with Gasteiger partial charge in [-0.1, -0.05) is 41.6 Å². The standard InChI is InChI=1S/C26H21ClF2N2O3/c1-26(2,3)34-25(33)30-18-11-12-20(27)19(15-18)24(32)31-23-21(28)13-17(14-22(23)29)10-9-16-7-5-4-6-8-16/h4-8,11-15H,1-3H3,(H,30,33)(H,31,32). The number of carbonyl (C=O) groups excluding carboxylic acids is 2. The van der Waals surface area contributed by atoms with Crippen molar-refractivity contribution in [3.05, 3.63) is 94.0 Å². The van der Waals surface area contributed by atoms with Gasteiger partial charge in [-0.05, 0) is 63.2 Å². The normalized spacial score (nSPS) is 10.6. The molecule has 0 aliphatic carbocycles. The van der Waals surface area contributed by atoms with Crippen LogP contribution in [0.5, 0.6) is 0 Å². The molecule has 3 rings (SSSR count). The van der Waals surface area contributed by atoms with E-state index in [4.69, 9.17) is 16.3 Å². The molecule has 0 aliphatic rings. The number of benzene rings is 3. The van der Waals surface area contributed by atoms with Crippen molar-refractivity contribution < 1.29 is 23.1 Å². The third-order valence-corrected chi connectivity index (χ3v) is 4.59. The van der Waals surface area contributed by atoms with E-state index in [9.17, 15) is 18.4 Å². The van der Waals surface area contributed by atoms with Crippen molar-refractivity contribution in [1.29, 1.82) is 0 Å². The molecule has 0 spiro atoms. The fraction of sp³-hybridized carbons (Fsp3) is 0.154. The molecular weight excluding hydrogens is 462 g/mol. The van der Waals surface area contributed by atoms with Gasteiger partial charge in [0.2, 0.25) is 0 Å². The van der Waals surface area contributed by atoms with E-state index in [1.54, 1.807) is 45.0 Å². The molecule has 0 unspecified atom stereocenters. The largest absolute Gasteiger partial charge is 0.444 e. The Hall–Kier alpha value is -3.89. The van der Waals surface area contributed by atoms with Crippen molar-refractivity contribution in [3.63, 3.8) is 0 Å². The fourth-order valence-electron chi connectivity index (χ4n) is 2.81. The second kappa shape index (κ2) is 10.4. The minimum absolute atomic E-state index is 0.0263. The van der Waals surface area contributed by atoms with Crippen LogP contribution < -0.4 is 10.6 Å². The molecule has 8 heteroatoms. The summed E-state index contributed by atoms with van der Waals surface area (Å²) in [5, 5.41) is 4.70. The van der Waals surface area contributed by atoms with Crippen molar-refractivity contribution >= 4 is 35.0 Å². The number of hydrogen-bond acceptors (Lipinski definition) is 3. The molecule has 2 amide bonds. The van der Waals surface area contributed by atoms with E-state index in [-0.39, 0.29) is 21.8 Å².